The molecule has 10 aromatic rings. The number of hydrogen-bond donors (Lipinski definition) is 0. The average molecular weight is 1130 g/mol. The van der Waals surface area contributed by atoms with E-state index in [1.54, 1.807) is 6.20 Å². The highest BCUT2D eigenvalue weighted by Gasteiger charge is 2.31. The van der Waals surface area contributed by atoms with E-state index in [9.17, 15) is 0 Å². The van der Waals surface area contributed by atoms with Crippen molar-refractivity contribution in [3.8, 4) is 50.7 Å². The summed E-state index contributed by atoms with van der Waals surface area (Å²) in [7, 11) is 0. The zero-order valence-electron chi connectivity index (χ0n) is 59.1. The summed E-state index contributed by atoms with van der Waals surface area (Å²) in [5.41, 5.74) is 17.8. The summed E-state index contributed by atoms with van der Waals surface area (Å²) in [5.74, 6) is 1.70. The number of aromatic nitrogens is 2. The fraction of sp³-hybridized carbons (Fsp3) is 0.312. The molecule has 0 saturated heterocycles. The Balaban J connectivity index is 1.13. The SMILES string of the molecule is [2H]C([2H])([2H])c1cc(C(C)(C)C)cc(C)c1-c1cc(Oc2ccc3c4cc(-c5ccccc5)ccc4n(-c4cc(-c5c(C)cc(C(C)(C)C)cc5C([2H])([2H])[2H])ccn4)c3c2)cc(N2C=C(c3cccc(C(C)(C)C)c3)N(c3cc(C(C)(C)C)cc(C(C)(C)C)c3)C2)c1. The smallest absolute Gasteiger partial charge is 0.138 e. The van der Waals surface area contributed by atoms with Crippen molar-refractivity contribution in [2.75, 3.05) is 16.5 Å². The Morgan fingerprint density at radius 2 is 1.00 bits per heavy atom. The second-order valence-electron chi connectivity index (χ2n) is 28.9. The second-order valence-corrected chi connectivity index (χ2v) is 28.9. The predicted molar refractivity (Wildman–Crippen MR) is 365 cm³/mol. The van der Waals surface area contributed by atoms with Gasteiger partial charge < -0.3 is 14.5 Å². The third kappa shape index (κ3) is 11.7. The Bertz CT molecular complexity index is 4460. The quantitative estimate of drug-likeness (QED) is 0.144. The molecule has 0 bridgehead atoms. The van der Waals surface area contributed by atoms with E-state index in [2.05, 4.69) is 234 Å². The van der Waals surface area contributed by atoms with Crippen molar-refractivity contribution in [1.29, 1.82) is 0 Å². The van der Waals surface area contributed by atoms with Crippen LogP contribution in [0.25, 0.3) is 66.7 Å². The van der Waals surface area contributed by atoms with Crippen LogP contribution in [-0.2, 0) is 27.1 Å². The van der Waals surface area contributed by atoms with Gasteiger partial charge in [0, 0.05) is 54.9 Å². The molecular formula is C80H88N4O. The zero-order chi connectivity index (χ0) is 65.9. The molecule has 85 heavy (non-hydrogen) atoms. The lowest BCUT2D eigenvalue weighted by Crippen LogP contribution is -2.27. The first-order chi connectivity index (χ1) is 42.3. The van der Waals surface area contributed by atoms with Gasteiger partial charge in [-0.25, -0.2) is 4.98 Å². The minimum Gasteiger partial charge on any atom is -0.457 e. The van der Waals surface area contributed by atoms with Gasteiger partial charge in [-0.05, 0) is 210 Å². The maximum atomic E-state index is 9.10. The summed E-state index contributed by atoms with van der Waals surface area (Å²) in [6.07, 6.45) is 4.01. The van der Waals surface area contributed by atoms with Crippen molar-refractivity contribution in [2.45, 2.75) is 158 Å². The molecule has 0 amide bonds. The van der Waals surface area contributed by atoms with Crippen molar-refractivity contribution < 1.29 is 13.0 Å². The minimum atomic E-state index is -2.44. The van der Waals surface area contributed by atoms with Gasteiger partial charge in [-0.3, -0.25) is 4.57 Å². The van der Waals surface area contributed by atoms with Crippen LogP contribution in [0.1, 0.15) is 168 Å². The van der Waals surface area contributed by atoms with Crippen LogP contribution in [0.15, 0.2) is 176 Å². The van der Waals surface area contributed by atoms with Gasteiger partial charge in [0.2, 0.25) is 0 Å². The van der Waals surface area contributed by atoms with Crippen LogP contribution < -0.4 is 14.5 Å². The van der Waals surface area contributed by atoms with Crippen LogP contribution in [0.2, 0.25) is 0 Å². The molecule has 1 aliphatic rings. The van der Waals surface area contributed by atoms with Crippen LogP contribution in [-0.4, -0.2) is 16.2 Å². The van der Waals surface area contributed by atoms with Crippen LogP contribution in [0.5, 0.6) is 11.5 Å². The van der Waals surface area contributed by atoms with E-state index in [-0.39, 0.29) is 32.6 Å². The van der Waals surface area contributed by atoms with Crippen LogP contribution >= 0.6 is 0 Å². The lowest BCUT2D eigenvalue weighted by atomic mass is 9.80. The monoisotopic (exact) mass is 1130 g/mol. The molecule has 0 aliphatic carbocycles. The Morgan fingerprint density at radius 1 is 0.412 bits per heavy atom. The van der Waals surface area contributed by atoms with Gasteiger partial charge >= 0.3 is 0 Å². The van der Waals surface area contributed by atoms with E-state index >= 15 is 0 Å². The number of hydrogen-bond acceptors (Lipinski definition) is 4. The van der Waals surface area contributed by atoms with Gasteiger partial charge in [0.1, 0.15) is 17.3 Å². The molecule has 0 spiro atoms. The minimum absolute atomic E-state index is 0.0980. The van der Waals surface area contributed by atoms with Gasteiger partial charge in [0.15, 0.2) is 0 Å². The number of rotatable bonds is 9. The van der Waals surface area contributed by atoms with Gasteiger partial charge in [-0.2, -0.15) is 0 Å². The van der Waals surface area contributed by atoms with Crippen LogP contribution in [0.3, 0.4) is 0 Å². The highest BCUT2D eigenvalue weighted by atomic mass is 16.5. The van der Waals surface area contributed by atoms with Crippen molar-refractivity contribution in [3.05, 3.63) is 232 Å². The van der Waals surface area contributed by atoms with Crippen LogP contribution in [0.4, 0.5) is 11.4 Å². The fourth-order valence-electron chi connectivity index (χ4n) is 12.0. The van der Waals surface area contributed by atoms with E-state index in [1.165, 1.54) is 16.7 Å². The summed E-state index contributed by atoms with van der Waals surface area (Å²) in [6, 6.07) is 57.0. The van der Waals surface area contributed by atoms with Gasteiger partial charge in [0.05, 0.1) is 23.4 Å². The molecule has 434 valence electrons. The van der Waals surface area contributed by atoms with E-state index in [1.807, 2.05) is 68.4 Å². The topological polar surface area (TPSA) is 33.5 Å². The summed E-state index contributed by atoms with van der Waals surface area (Å²) in [6.45, 7) is 32.7. The Morgan fingerprint density at radius 3 is 1.61 bits per heavy atom. The van der Waals surface area contributed by atoms with Crippen LogP contribution in [0, 0.1) is 27.6 Å². The van der Waals surface area contributed by atoms with E-state index < -0.39 is 13.7 Å². The number of nitrogens with zero attached hydrogens (tertiary/aromatic N) is 4. The van der Waals surface area contributed by atoms with Gasteiger partial charge in [-0.1, -0.05) is 189 Å². The summed E-state index contributed by atoms with van der Waals surface area (Å²) in [4.78, 5) is 9.75. The average Bonchev–Trinajstić information content (AvgIpc) is 1.79. The van der Waals surface area contributed by atoms with Crippen molar-refractivity contribution in [1.82, 2.24) is 9.55 Å². The normalized spacial score (nSPS) is 14.9. The third-order valence-corrected chi connectivity index (χ3v) is 17.1. The summed E-state index contributed by atoms with van der Waals surface area (Å²) < 4.78 is 63.1. The molecule has 11 rings (SSSR count). The molecule has 2 aromatic heterocycles. The third-order valence-electron chi connectivity index (χ3n) is 17.1. The number of fused-ring (bicyclic) bond motifs is 3. The molecule has 0 N–H and O–H groups in total. The lowest BCUT2D eigenvalue weighted by Gasteiger charge is -2.31. The number of aryl methyl sites for hydroxylation is 4. The number of ether oxygens (including phenoxy) is 1. The molecular weight excluding hydrogens is 1030 g/mol. The number of pyridine rings is 1. The Kier molecular flexibility index (Phi) is 12.9. The molecule has 5 heteroatoms. The van der Waals surface area contributed by atoms with Crippen molar-refractivity contribution >= 4 is 38.9 Å². The fourth-order valence-corrected chi connectivity index (χ4v) is 12.0. The number of benzene rings is 8. The second kappa shape index (κ2) is 21.4. The first kappa shape index (κ1) is 51.3. The molecule has 5 nitrogen and oxygen atoms in total. The van der Waals surface area contributed by atoms with Gasteiger partial charge in [0.25, 0.3) is 0 Å². The standard InChI is InChI=1S/C80H88N4O/c1-50-34-60(77(8,9)10)35-51(2)74(50)57-32-33-81-73(42-57)84-70-31-28-55(54-24-21-20-22-25-54)41-69(70)68-30-29-66(47-71(68)84)85-67-40-58(75-52(3)36-61(37-53(75)4)78(11,12)13)39-64(46-67)82-48-72(56-26-23-27-59(38-56)76(5,6)7)83(49-82)65-44-62(79(14,15)16)43-63(45-65)80(17,18)19/h20-48H,49H2,1-19H3/i1D3,3D3. The van der Waals surface area contributed by atoms with Gasteiger partial charge in [-0.15, -0.1) is 0 Å². The zero-order valence-corrected chi connectivity index (χ0v) is 53.1. The molecule has 0 atom stereocenters. The van der Waals surface area contributed by atoms with E-state index in [4.69, 9.17) is 17.9 Å². The van der Waals surface area contributed by atoms with E-state index in [0.717, 1.165) is 88.9 Å². The molecule has 0 unspecified atom stereocenters. The maximum Gasteiger partial charge on any atom is 0.138 e. The Hall–Kier alpha value is -8.15. The molecule has 8 aromatic carbocycles. The largest absolute Gasteiger partial charge is 0.457 e. The van der Waals surface area contributed by atoms with E-state index in [0.29, 0.717) is 40.7 Å². The van der Waals surface area contributed by atoms with Crippen molar-refractivity contribution in [3.63, 3.8) is 0 Å². The lowest BCUT2D eigenvalue weighted by molar-refractivity contribution is 0.483. The Labute approximate surface area is 516 Å². The molecule has 0 fully saturated rings. The summed E-state index contributed by atoms with van der Waals surface area (Å²) >= 11 is 0. The highest BCUT2D eigenvalue weighted by Crippen LogP contribution is 2.45. The highest BCUT2D eigenvalue weighted by molar-refractivity contribution is 6.11. The first-order valence-electron chi connectivity index (χ1n) is 33.1. The number of anilines is 2. The molecule has 0 saturated carbocycles. The maximum absolute atomic E-state index is 9.10. The van der Waals surface area contributed by atoms with Crippen molar-refractivity contribution in [2.24, 2.45) is 0 Å². The first-order valence-corrected chi connectivity index (χ1v) is 30.1. The molecule has 1 aliphatic heterocycles. The summed E-state index contributed by atoms with van der Waals surface area (Å²) in [5, 5.41) is 1.99. The predicted octanol–water partition coefficient (Wildman–Crippen LogP) is 22.0. The molecule has 3 heterocycles. The molecule has 0 radical (unpaired) electrons.